The molecule has 1 aromatic carbocycles. The Balaban J connectivity index is 2.87. The maximum absolute atomic E-state index is 5.96. The molecule has 1 aromatic rings. The topological polar surface area (TPSA) is 30.5 Å². The molecule has 19 heavy (non-hydrogen) atoms. The summed E-state index contributed by atoms with van der Waals surface area (Å²) in [7, 11) is 1.69. The molecule has 0 bridgehead atoms. The van der Waals surface area contributed by atoms with Gasteiger partial charge in [-0.2, -0.15) is 0 Å². The molecule has 0 radical (unpaired) electrons. The molecule has 0 saturated carbocycles. The standard InChI is InChI=1S/C16H27NO2/c1-7-17-12(2)11-19-15-9-8-13(18-6)10-14(15)16(3,4)5/h8-10,12,17H,7,11H2,1-6H3. The van der Waals surface area contributed by atoms with Gasteiger partial charge in [0.15, 0.2) is 0 Å². The lowest BCUT2D eigenvalue weighted by Gasteiger charge is -2.24. The van der Waals surface area contributed by atoms with Crippen molar-refractivity contribution in [2.45, 2.75) is 46.1 Å². The van der Waals surface area contributed by atoms with Gasteiger partial charge in [0, 0.05) is 11.6 Å². The van der Waals surface area contributed by atoms with Crippen molar-refractivity contribution in [1.29, 1.82) is 0 Å². The predicted molar refractivity (Wildman–Crippen MR) is 80.3 cm³/mol. The summed E-state index contributed by atoms with van der Waals surface area (Å²) in [5.41, 5.74) is 1.21. The first-order chi connectivity index (χ1) is 8.88. The van der Waals surface area contributed by atoms with Crippen molar-refractivity contribution in [2.24, 2.45) is 0 Å². The van der Waals surface area contributed by atoms with Crippen molar-refractivity contribution in [3.8, 4) is 11.5 Å². The van der Waals surface area contributed by atoms with E-state index in [2.05, 4.69) is 46.0 Å². The van der Waals surface area contributed by atoms with E-state index in [1.54, 1.807) is 7.11 Å². The third kappa shape index (κ3) is 4.75. The molecule has 1 unspecified atom stereocenters. The lowest BCUT2D eigenvalue weighted by atomic mass is 9.86. The van der Waals surface area contributed by atoms with Crippen LogP contribution in [0.4, 0.5) is 0 Å². The maximum atomic E-state index is 5.96. The summed E-state index contributed by atoms with van der Waals surface area (Å²) in [6.07, 6.45) is 0. The molecule has 0 aliphatic rings. The number of methoxy groups -OCH3 is 1. The minimum atomic E-state index is 0.0330. The predicted octanol–water partition coefficient (Wildman–Crippen LogP) is 3.37. The first-order valence-electron chi connectivity index (χ1n) is 6.93. The van der Waals surface area contributed by atoms with Gasteiger partial charge in [-0.15, -0.1) is 0 Å². The van der Waals surface area contributed by atoms with E-state index in [-0.39, 0.29) is 5.41 Å². The molecular formula is C16H27NO2. The Hall–Kier alpha value is -1.22. The summed E-state index contributed by atoms with van der Waals surface area (Å²) in [5.74, 6) is 1.81. The zero-order chi connectivity index (χ0) is 14.5. The van der Waals surface area contributed by atoms with Gasteiger partial charge >= 0.3 is 0 Å². The Bertz CT molecular complexity index is 396. The fourth-order valence-electron chi connectivity index (χ4n) is 1.97. The second kappa shape index (κ2) is 6.80. The summed E-state index contributed by atoms with van der Waals surface area (Å²) < 4.78 is 11.3. The first-order valence-corrected chi connectivity index (χ1v) is 6.93. The molecule has 0 saturated heterocycles. The van der Waals surface area contributed by atoms with Crippen molar-refractivity contribution in [2.75, 3.05) is 20.3 Å². The minimum absolute atomic E-state index is 0.0330. The van der Waals surface area contributed by atoms with Crippen LogP contribution in [0.5, 0.6) is 11.5 Å². The number of hydrogen-bond acceptors (Lipinski definition) is 3. The molecule has 0 aliphatic heterocycles. The van der Waals surface area contributed by atoms with Gasteiger partial charge in [-0.3, -0.25) is 0 Å². The van der Waals surface area contributed by atoms with Crippen LogP contribution in [0, 0.1) is 0 Å². The van der Waals surface area contributed by atoms with Crippen LogP contribution in [0.1, 0.15) is 40.2 Å². The summed E-state index contributed by atoms with van der Waals surface area (Å²) in [5, 5.41) is 3.35. The first kappa shape index (κ1) is 15.8. The highest BCUT2D eigenvalue weighted by atomic mass is 16.5. The fourth-order valence-corrected chi connectivity index (χ4v) is 1.97. The highest BCUT2D eigenvalue weighted by Gasteiger charge is 2.20. The van der Waals surface area contributed by atoms with E-state index in [9.17, 15) is 0 Å². The Labute approximate surface area is 117 Å². The van der Waals surface area contributed by atoms with Crippen LogP contribution in [-0.4, -0.2) is 26.3 Å². The smallest absolute Gasteiger partial charge is 0.123 e. The third-order valence-corrected chi connectivity index (χ3v) is 3.04. The Morgan fingerprint density at radius 3 is 2.47 bits per heavy atom. The van der Waals surface area contributed by atoms with Crippen LogP contribution in [0.3, 0.4) is 0 Å². The minimum Gasteiger partial charge on any atom is -0.497 e. The largest absolute Gasteiger partial charge is 0.497 e. The van der Waals surface area contributed by atoms with E-state index in [0.29, 0.717) is 12.6 Å². The molecule has 1 rings (SSSR count). The summed E-state index contributed by atoms with van der Waals surface area (Å²) in [4.78, 5) is 0. The van der Waals surface area contributed by atoms with E-state index >= 15 is 0 Å². The highest BCUT2D eigenvalue weighted by Crippen LogP contribution is 2.34. The quantitative estimate of drug-likeness (QED) is 0.855. The van der Waals surface area contributed by atoms with E-state index in [4.69, 9.17) is 9.47 Å². The number of rotatable bonds is 6. The van der Waals surface area contributed by atoms with Gasteiger partial charge < -0.3 is 14.8 Å². The molecule has 0 aromatic heterocycles. The number of hydrogen-bond donors (Lipinski definition) is 1. The van der Waals surface area contributed by atoms with Gasteiger partial charge in [0.1, 0.15) is 18.1 Å². The number of likely N-dealkylation sites (N-methyl/N-ethyl adjacent to an activating group) is 1. The van der Waals surface area contributed by atoms with Crippen molar-refractivity contribution in [3.63, 3.8) is 0 Å². The summed E-state index contributed by atoms with van der Waals surface area (Å²) in [6, 6.07) is 6.35. The van der Waals surface area contributed by atoms with Gasteiger partial charge in [0.25, 0.3) is 0 Å². The molecule has 3 nitrogen and oxygen atoms in total. The molecule has 0 fully saturated rings. The van der Waals surface area contributed by atoms with Crippen LogP contribution in [-0.2, 0) is 5.41 Å². The summed E-state index contributed by atoms with van der Waals surface area (Å²) in [6.45, 7) is 12.4. The number of benzene rings is 1. The van der Waals surface area contributed by atoms with E-state index in [1.807, 2.05) is 12.1 Å². The zero-order valence-electron chi connectivity index (χ0n) is 13.0. The van der Waals surface area contributed by atoms with Crippen LogP contribution in [0.2, 0.25) is 0 Å². The maximum Gasteiger partial charge on any atom is 0.123 e. The molecule has 0 aliphatic carbocycles. The molecule has 0 amide bonds. The van der Waals surface area contributed by atoms with Crippen molar-refractivity contribution in [1.82, 2.24) is 5.32 Å². The molecule has 0 spiro atoms. The number of ether oxygens (including phenoxy) is 2. The van der Waals surface area contributed by atoms with Crippen molar-refractivity contribution >= 4 is 0 Å². The molecular weight excluding hydrogens is 238 g/mol. The van der Waals surface area contributed by atoms with E-state index in [0.717, 1.165) is 18.0 Å². The van der Waals surface area contributed by atoms with Crippen LogP contribution >= 0.6 is 0 Å². The highest BCUT2D eigenvalue weighted by molar-refractivity contribution is 5.44. The Morgan fingerprint density at radius 1 is 1.26 bits per heavy atom. The Kier molecular flexibility index (Phi) is 5.67. The third-order valence-electron chi connectivity index (χ3n) is 3.04. The zero-order valence-corrected chi connectivity index (χ0v) is 13.0. The van der Waals surface area contributed by atoms with Gasteiger partial charge in [-0.05, 0) is 37.1 Å². The number of nitrogens with one attached hydrogen (secondary N) is 1. The lowest BCUT2D eigenvalue weighted by Crippen LogP contribution is -2.31. The molecule has 3 heteroatoms. The van der Waals surface area contributed by atoms with E-state index in [1.165, 1.54) is 5.56 Å². The monoisotopic (exact) mass is 265 g/mol. The normalized spacial score (nSPS) is 13.2. The van der Waals surface area contributed by atoms with Gasteiger partial charge in [-0.1, -0.05) is 27.7 Å². The average Bonchev–Trinajstić information content (AvgIpc) is 2.35. The average molecular weight is 265 g/mol. The second-order valence-corrected chi connectivity index (χ2v) is 5.88. The SMILES string of the molecule is CCNC(C)COc1ccc(OC)cc1C(C)(C)C. The van der Waals surface area contributed by atoms with Crippen LogP contribution in [0.25, 0.3) is 0 Å². The van der Waals surface area contributed by atoms with Gasteiger partial charge in [0.2, 0.25) is 0 Å². The lowest BCUT2D eigenvalue weighted by molar-refractivity contribution is 0.268. The van der Waals surface area contributed by atoms with Crippen molar-refractivity contribution in [3.05, 3.63) is 23.8 Å². The Morgan fingerprint density at radius 2 is 1.95 bits per heavy atom. The molecule has 0 heterocycles. The molecule has 108 valence electrons. The molecule has 1 N–H and O–H groups in total. The van der Waals surface area contributed by atoms with Gasteiger partial charge in [-0.25, -0.2) is 0 Å². The summed E-state index contributed by atoms with van der Waals surface area (Å²) >= 11 is 0. The van der Waals surface area contributed by atoms with E-state index < -0.39 is 0 Å². The second-order valence-electron chi connectivity index (χ2n) is 5.88. The molecule has 1 atom stereocenters. The van der Waals surface area contributed by atoms with Gasteiger partial charge in [0.05, 0.1) is 7.11 Å². The van der Waals surface area contributed by atoms with Crippen molar-refractivity contribution < 1.29 is 9.47 Å². The fraction of sp³-hybridized carbons (Fsp3) is 0.625. The van der Waals surface area contributed by atoms with Crippen LogP contribution < -0.4 is 14.8 Å². The van der Waals surface area contributed by atoms with Crippen LogP contribution in [0.15, 0.2) is 18.2 Å².